The Bertz CT molecular complexity index is 1150. The Morgan fingerprint density at radius 2 is 1.97 bits per heavy atom. The van der Waals surface area contributed by atoms with Crippen LogP contribution in [0.5, 0.6) is 0 Å². The van der Waals surface area contributed by atoms with E-state index in [-0.39, 0.29) is 11.9 Å². The number of nitrogens with one attached hydrogen (secondary N) is 1. The first-order chi connectivity index (χ1) is 14.4. The van der Waals surface area contributed by atoms with Crippen molar-refractivity contribution >= 4 is 28.8 Å². The Morgan fingerprint density at radius 1 is 1.17 bits per heavy atom. The predicted molar refractivity (Wildman–Crippen MR) is 117 cm³/mol. The van der Waals surface area contributed by atoms with Gasteiger partial charge >= 0.3 is 0 Å². The molecule has 0 fully saturated rings. The van der Waals surface area contributed by atoms with Crippen molar-refractivity contribution in [3.63, 3.8) is 0 Å². The van der Waals surface area contributed by atoms with E-state index in [0.29, 0.717) is 12.2 Å². The zero-order valence-electron chi connectivity index (χ0n) is 17.7. The van der Waals surface area contributed by atoms with Crippen molar-refractivity contribution in [1.29, 1.82) is 0 Å². The summed E-state index contributed by atoms with van der Waals surface area (Å²) in [7, 11) is 5.38. The maximum Gasteiger partial charge on any atom is 0.240 e. The highest BCUT2D eigenvalue weighted by molar-refractivity contribution is 5.87. The van der Waals surface area contributed by atoms with Gasteiger partial charge in [-0.15, -0.1) is 5.10 Å². The van der Waals surface area contributed by atoms with Crippen LogP contribution >= 0.6 is 0 Å². The third-order valence-corrected chi connectivity index (χ3v) is 4.54. The molecule has 0 atom stereocenters. The number of carbonyl (C=O) groups excluding carboxylic acids is 1. The maximum absolute atomic E-state index is 10.8. The molecule has 4 aromatic heterocycles. The third kappa shape index (κ3) is 4.48. The van der Waals surface area contributed by atoms with Crippen LogP contribution < -0.4 is 11.1 Å². The fraction of sp³-hybridized carbons (Fsp3) is 0.350. The molecule has 0 radical (unpaired) electrons. The van der Waals surface area contributed by atoms with E-state index in [4.69, 9.17) is 5.73 Å². The van der Waals surface area contributed by atoms with Crippen LogP contribution in [-0.2, 0) is 4.79 Å². The van der Waals surface area contributed by atoms with Crippen molar-refractivity contribution in [3.05, 3.63) is 36.8 Å². The highest BCUT2D eigenvalue weighted by Crippen LogP contribution is 2.28. The van der Waals surface area contributed by atoms with Gasteiger partial charge in [-0.1, -0.05) is 13.3 Å². The first-order valence-electron chi connectivity index (χ1n) is 9.78. The molecule has 0 saturated carbocycles. The monoisotopic (exact) mass is 409 g/mol. The number of rotatable bonds is 5. The van der Waals surface area contributed by atoms with Gasteiger partial charge in [0.15, 0.2) is 11.5 Å². The van der Waals surface area contributed by atoms with Crippen LogP contribution in [-0.4, -0.2) is 61.1 Å². The fourth-order valence-corrected chi connectivity index (χ4v) is 2.93. The molecule has 158 valence electrons. The molecule has 0 unspecified atom stereocenters. The highest BCUT2D eigenvalue weighted by atomic mass is 16.2. The summed E-state index contributed by atoms with van der Waals surface area (Å²) in [6, 6.07) is 5.78. The Kier molecular flexibility index (Phi) is 6.45. The van der Waals surface area contributed by atoms with E-state index in [1.807, 2.05) is 30.6 Å². The van der Waals surface area contributed by atoms with Crippen LogP contribution in [0.2, 0.25) is 0 Å². The highest BCUT2D eigenvalue weighted by Gasteiger charge is 2.14. The Labute approximate surface area is 174 Å². The molecular formula is C20H27N9O. The minimum atomic E-state index is 0.215. The van der Waals surface area contributed by atoms with Gasteiger partial charge in [0, 0.05) is 51.7 Å². The summed E-state index contributed by atoms with van der Waals surface area (Å²) in [5, 5.41) is 11.8. The summed E-state index contributed by atoms with van der Waals surface area (Å²) in [6.07, 6.45) is 8.17. The molecule has 1 amide bonds. The van der Waals surface area contributed by atoms with Crippen molar-refractivity contribution < 1.29 is 4.79 Å². The average molecular weight is 409 g/mol. The minimum Gasteiger partial charge on any atom is -0.371 e. The zero-order valence-corrected chi connectivity index (χ0v) is 17.7. The summed E-state index contributed by atoms with van der Waals surface area (Å²) in [5.41, 5.74) is 9.07. The smallest absolute Gasteiger partial charge is 0.240 e. The normalized spacial score (nSPS) is 10.7. The SMILES string of the molecule is CCCCC(=O)N(C)C.CNc1nc(N)nn2ccc(-c3ccc4nccn4n3)c12. The second kappa shape index (κ2) is 9.21. The number of nitrogens with zero attached hydrogens (tertiary/aromatic N) is 7. The number of anilines is 2. The van der Waals surface area contributed by atoms with Gasteiger partial charge in [-0.05, 0) is 24.6 Å². The molecule has 30 heavy (non-hydrogen) atoms. The van der Waals surface area contributed by atoms with Crippen molar-refractivity contribution in [3.8, 4) is 11.3 Å². The molecule has 10 nitrogen and oxygen atoms in total. The summed E-state index contributed by atoms with van der Waals surface area (Å²) in [5.74, 6) is 1.11. The number of unbranched alkanes of at least 4 members (excludes halogenated alkanes) is 1. The van der Waals surface area contributed by atoms with E-state index in [1.54, 1.807) is 41.3 Å². The van der Waals surface area contributed by atoms with Crippen molar-refractivity contribution in [2.24, 2.45) is 0 Å². The van der Waals surface area contributed by atoms with Gasteiger partial charge in [0.1, 0.15) is 5.52 Å². The number of imidazole rings is 1. The van der Waals surface area contributed by atoms with Crippen molar-refractivity contribution in [1.82, 2.24) is 34.1 Å². The summed E-state index contributed by atoms with van der Waals surface area (Å²) >= 11 is 0. The van der Waals surface area contributed by atoms with E-state index in [0.717, 1.165) is 35.3 Å². The summed E-state index contributed by atoms with van der Waals surface area (Å²) in [6.45, 7) is 2.09. The molecule has 0 aromatic carbocycles. The molecule has 10 heteroatoms. The first kappa shape index (κ1) is 21.0. The number of carbonyl (C=O) groups is 1. The molecule has 4 rings (SSSR count). The third-order valence-electron chi connectivity index (χ3n) is 4.54. The molecule has 0 bridgehead atoms. The maximum atomic E-state index is 10.8. The average Bonchev–Trinajstić information content (AvgIpc) is 3.37. The molecule has 4 heterocycles. The largest absolute Gasteiger partial charge is 0.371 e. The Balaban J connectivity index is 0.000000244. The van der Waals surface area contributed by atoms with Gasteiger partial charge in [0.05, 0.1) is 5.69 Å². The van der Waals surface area contributed by atoms with Crippen molar-refractivity contribution in [2.45, 2.75) is 26.2 Å². The molecule has 0 spiro atoms. The standard InChI is InChI=1S/C13H12N8.C7H15NO/c1-15-12-11-8(4-6-21(11)19-13(14)17-12)9-2-3-10-16-5-7-20(10)18-9;1-4-5-6-7(9)8(2)3/h2-7H,1H3,(H3,14,15,17,19);4-6H2,1-3H3. The van der Waals surface area contributed by atoms with Crippen LogP contribution in [0, 0.1) is 0 Å². The molecule has 4 aromatic rings. The van der Waals surface area contributed by atoms with E-state index in [1.165, 1.54) is 0 Å². The lowest BCUT2D eigenvalue weighted by atomic mass is 10.2. The predicted octanol–water partition coefficient (Wildman–Crippen LogP) is 2.33. The van der Waals surface area contributed by atoms with Crippen LogP contribution in [0.4, 0.5) is 11.8 Å². The molecule has 0 saturated heterocycles. The number of amides is 1. The van der Waals surface area contributed by atoms with Gasteiger partial charge in [0.2, 0.25) is 11.9 Å². The number of hydrogen-bond acceptors (Lipinski definition) is 7. The molecular weight excluding hydrogens is 382 g/mol. The Morgan fingerprint density at radius 3 is 2.67 bits per heavy atom. The number of nitrogen functional groups attached to an aromatic ring is 1. The molecule has 0 aliphatic rings. The molecule has 0 aliphatic carbocycles. The van der Waals surface area contributed by atoms with Crippen molar-refractivity contribution in [2.75, 3.05) is 32.2 Å². The number of nitrogens with two attached hydrogens (primary N) is 1. The first-order valence-corrected chi connectivity index (χ1v) is 9.78. The van der Waals surface area contributed by atoms with E-state index >= 15 is 0 Å². The van der Waals surface area contributed by atoms with Gasteiger partial charge in [0.25, 0.3) is 0 Å². The van der Waals surface area contributed by atoms with Gasteiger partial charge in [-0.2, -0.15) is 10.1 Å². The second-order valence-corrected chi connectivity index (χ2v) is 6.93. The van der Waals surface area contributed by atoms with Crippen LogP contribution in [0.25, 0.3) is 22.4 Å². The fourth-order valence-electron chi connectivity index (χ4n) is 2.93. The lowest BCUT2D eigenvalue weighted by Crippen LogP contribution is -2.20. The number of aromatic nitrogens is 6. The summed E-state index contributed by atoms with van der Waals surface area (Å²) in [4.78, 5) is 20.9. The van der Waals surface area contributed by atoms with Crippen LogP contribution in [0.1, 0.15) is 26.2 Å². The van der Waals surface area contributed by atoms with E-state index in [9.17, 15) is 4.79 Å². The minimum absolute atomic E-state index is 0.215. The lowest BCUT2D eigenvalue weighted by molar-refractivity contribution is -0.128. The molecule has 0 aliphatic heterocycles. The van der Waals surface area contributed by atoms with E-state index < -0.39 is 0 Å². The van der Waals surface area contributed by atoms with Gasteiger partial charge < -0.3 is 16.0 Å². The molecule has 3 N–H and O–H groups in total. The van der Waals surface area contributed by atoms with Crippen LogP contribution in [0.15, 0.2) is 36.8 Å². The topological polar surface area (TPSA) is 119 Å². The van der Waals surface area contributed by atoms with Crippen LogP contribution in [0.3, 0.4) is 0 Å². The van der Waals surface area contributed by atoms with Gasteiger partial charge in [-0.3, -0.25) is 4.79 Å². The van der Waals surface area contributed by atoms with E-state index in [2.05, 4.69) is 32.4 Å². The number of hydrogen-bond donors (Lipinski definition) is 2. The second-order valence-electron chi connectivity index (χ2n) is 6.93. The Hall–Kier alpha value is -3.69. The quantitative estimate of drug-likeness (QED) is 0.519. The lowest BCUT2D eigenvalue weighted by Gasteiger charge is -2.08. The zero-order chi connectivity index (χ0) is 21.7. The van der Waals surface area contributed by atoms with Gasteiger partial charge in [-0.25, -0.2) is 14.0 Å². The number of fused-ring (bicyclic) bond motifs is 2. The summed E-state index contributed by atoms with van der Waals surface area (Å²) < 4.78 is 3.43.